The molecule has 4 heteroatoms. The molecule has 0 spiro atoms. The number of hydrogen-bond acceptors (Lipinski definition) is 3. The molecule has 0 aliphatic carbocycles. The third-order valence-corrected chi connectivity index (χ3v) is 3.62. The third kappa shape index (κ3) is 2.98. The molecule has 0 aliphatic rings. The minimum absolute atomic E-state index is 0.155. The molecule has 0 bridgehead atoms. The smallest absolute Gasteiger partial charge is 0.339 e. The Morgan fingerprint density at radius 1 is 1.00 bits per heavy atom. The molecule has 0 radical (unpaired) electrons. The summed E-state index contributed by atoms with van der Waals surface area (Å²) in [5, 5.41) is 0. The van der Waals surface area contributed by atoms with Gasteiger partial charge in [0.15, 0.2) is 5.78 Å². The highest BCUT2D eigenvalue weighted by Gasteiger charge is 2.47. The van der Waals surface area contributed by atoms with Gasteiger partial charge in [0.05, 0.1) is 6.61 Å². The van der Waals surface area contributed by atoms with Gasteiger partial charge < -0.3 is 4.74 Å². The van der Waals surface area contributed by atoms with Gasteiger partial charge >= 0.3 is 5.97 Å². The minimum atomic E-state index is -1.86. The van der Waals surface area contributed by atoms with Gasteiger partial charge in [-0.15, -0.1) is 0 Å². The van der Waals surface area contributed by atoms with E-state index in [9.17, 15) is 9.59 Å². The molecule has 2 rings (SSSR count). The Bertz CT molecular complexity index is 625. The van der Waals surface area contributed by atoms with Crippen LogP contribution in [-0.2, 0) is 14.4 Å². The molecule has 2 aromatic carbocycles. The molecule has 0 aromatic heterocycles. The van der Waals surface area contributed by atoms with E-state index in [1.807, 2.05) is 0 Å². The van der Waals surface area contributed by atoms with E-state index in [4.69, 9.17) is 16.3 Å². The fraction of sp³-hybridized carbons (Fsp3) is 0.176. The number of alkyl halides is 1. The summed E-state index contributed by atoms with van der Waals surface area (Å²) in [5.74, 6) is -1.25. The van der Waals surface area contributed by atoms with E-state index in [1.165, 1.54) is 0 Å². The molecule has 0 aliphatic heterocycles. The molecule has 1 atom stereocenters. The minimum Gasteiger partial charge on any atom is -0.464 e. The molecule has 21 heavy (non-hydrogen) atoms. The number of Topliss-reactive ketones (excluding diaryl/α,β-unsaturated/α-hetero) is 1. The van der Waals surface area contributed by atoms with Crippen LogP contribution in [0.2, 0.25) is 0 Å². The maximum atomic E-state index is 12.8. The van der Waals surface area contributed by atoms with Crippen molar-refractivity contribution in [2.75, 3.05) is 6.61 Å². The summed E-state index contributed by atoms with van der Waals surface area (Å²) >= 11 is 6.45. The van der Waals surface area contributed by atoms with Crippen molar-refractivity contribution in [3.05, 3.63) is 71.8 Å². The molecule has 0 saturated carbocycles. The molecule has 0 fully saturated rings. The Hall–Kier alpha value is -2.13. The zero-order valence-electron chi connectivity index (χ0n) is 11.6. The zero-order chi connectivity index (χ0) is 15.3. The molecule has 0 amide bonds. The number of carbonyl (C=O) groups is 2. The second-order valence-electron chi connectivity index (χ2n) is 4.44. The molecular weight excluding hydrogens is 288 g/mol. The van der Waals surface area contributed by atoms with E-state index in [0.717, 1.165) is 0 Å². The lowest BCUT2D eigenvalue weighted by atomic mass is 9.89. The first-order valence-corrected chi connectivity index (χ1v) is 7.00. The van der Waals surface area contributed by atoms with Crippen LogP contribution in [0, 0.1) is 0 Å². The van der Waals surface area contributed by atoms with Crippen molar-refractivity contribution in [1.29, 1.82) is 0 Å². The molecule has 3 nitrogen and oxygen atoms in total. The van der Waals surface area contributed by atoms with Crippen LogP contribution in [0.4, 0.5) is 0 Å². The van der Waals surface area contributed by atoms with Crippen LogP contribution >= 0.6 is 11.6 Å². The highest BCUT2D eigenvalue weighted by Crippen LogP contribution is 2.34. The fourth-order valence-electron chi connectivity index (χ4n) is 2.03. The van der Waals surface area contributed by atoms with Crippen LogP contribution in [0.3, 0.4) is 0 Å². The lowest BCUT2D eigenvalue weighted by Gasteiger charge is -2.24. The number of rotatable bonds is 5. The number of hydrogen-bond donors (Lipinski definition) is 0. The zero-order valence-corrected chi connectivity index (χ0v) is 12.3. The van der Waals surface area contributed by atoms with E-state index < -0.39 is 16.6 Å². The number of benzene rings is 2. The normalized spacial score (nSPS) is 13.2. The summed E-state index contributed by atoms with van der Waals surface area (Å²) in [7, 11) is 0. The van der Waals surface area contributed by atoms with Crippen molar-refractivity contribution < 1.29 is 14.3 Å². The molecular formula is C17H15ClO3. The van der Waals surface area contributed by atoms with Crippen LogP contribution in [0.5, 0.6) is 0 Å². The van der Waals surface area contributed by atoms with Gasteiger partial charge in [0.2, 0.25) is 4.87 Å². The van der Waals surface area contributed by atoms with Crippen molar-refractivity contribution in [3.63, 3.8) is 0 Å². The van der Waals surface area contributed by atoms with Gasteiger partial charge in [-0.2, -0.15) is 0 Å². The van der Waals surface area contributed by atoms with Crippen LogP contribution in [0.25, 0.3) is 0 Å². The first-order valence-electron chi connectivity index (χ1n) is 6.62. The Morgan fingerprint density at radius 2 is 1.52 bits per heavy atom. The van der Waals surface area contributed by atoms with E-state index in [0.29, 0.717) is 11.1 Å². The summed E-state index contributed by atoms with van der Waals surface area (Å²) in [4.78, 5) is 23.2. The summed E-state index contributed by atoms with van der Waals surface area (Å²) in [6.45, 7) is 1.83. The summed E-state index contributed by atoms with van der Waals surface area (Å²) in [6.07, 6.45) is 0. The average Bonchev–Trinajstić information content (AvgIpc) is 2.55. The lowest BCUT2D eigenvalue weighted by molar-refractivity contribution is -0.145. The molecule has 108 valence electrons. The second kappa shape index (κ2) is 6.55. The van der Waals surface area contributed by atoms with Gasteiger partial charge in [-0.3, -0.25) is 4.79 Å². The second-order valence-corrected chi connectivity index (χ2v) is 5.01. The number of ketones is 1. The predicted molar refractivity (Wildman–Crippen MR) is 81.4 cm³/mol. The highest BCUT2D eigenvalue weighted by molar-refractivity contribution is 6.47. The van der Waals surface area contributed by atoms with Crippen LogP contribution < -0.4 is 0 Å². The Balaban J connectivity index is 2.51. The maximum absolute atomic E-state index is 12.8. The van der Waals surface area contributed by atoms with E-state index >= 15 is 0 Å². The van der Waals surface area contributed by atoms with Crippen LogP contribution in [0.1, 0.15) is 22.8 Å². The van der Waals surface area contributed by atoms with Crippen LogP contribution in [0.15, 0.2) is 60.7 Å². The Labute approximate surface area is 128 Å². The summed E-state index contributed by atoms with van der Waals surface area (Å²) in [6, 6.07) is 17.0. The van der Waals surface area contributed by atoms with E-state index in [-0.39, 0.29) is 6.61 Å². The highest BCUT2D eigenvalue weighted by atomic mass is 35.5. The first kappa shape index (κ1) is 15.3. The van der Waals surface area contributed by atoms with E-state index in [1.54, 1.807) is 67.6 Å². The summed E-state index contributed by atoms with van der Waals surface area (Å²) < 4.78 is 5.01. The van der Waals surface area contributed by atoms with Crippen molar-refractivity contribution >= 4 is 23.4 Å². The molecule has 1 unspecified atom stereocenters. The van der Waals surface area contributed by atoms with Crippen LogP contribution in [-0.4, -0.2) is 18.4 Å². The van der Waals surface area contributed by atoms with Crippen molar-refractivity contribution in [3.8, 4) is 0 Å². The summed E-state index contributed by atoms with van der Waals surface area (Å²) in [5.41, 5.74) is 0.767. The largest absolute Gasteiger partial charge is 0.464 e. The standard InChI is InChI=1S/C17H15ClO3/c1-2-21-16(20)17(18,14-11-7-4-8-12-14)15(19)13-9-5-3-6-10-13/h3-12H,2H2,1H3. The Kier molecular flexibility index (Phi) is 4.76. The number of esters is 1. The number of carbonyl (C=O) groups excluding carboxylic acids is 2. The quantitative estimate of drug-likeness (QED) is 0.367. The van der Waals surface area contributed by atoms with Gasteiger partial charge in [-0.25, -0.2) is 4.79 Å². The monoisotopic (exact) mass is 302 g/mol. The Morgan fingerprint density at radius 3 is 2.05 bits per heavy atom. The van der Waals surface area contributed by atoms with Gasteiger partial charge in [0.1, 0.15) is 0 Å². The van der Waals surface area contributed by atoms with Gasteiger partial charge in [0.25, 0.3) is 0 Å². The molecule has 2 aromatic rings. The molecule has 0 saturated heterocycles. The maximum Gasteiger partial charge on any atom is 0.339 e. The van der Waals surface area contributed by atoms with Gasteiger partial charge in [0, 0.05) is 5.56 Å². The van der Waals surface area contributed by atoms with Gasteiger partial charge in [-0.1, -0.05) is 72.3 Å². The lowest BCUT2D eigenvalue weighted by Crippen LogP contribution is -2.40. The molecule has 0 heterocycles. The average molecular weight is 303 g/mol. The van der Waals surface area contributed by atoms with Crippen molar-refractivity contribution in [2.45, 2.75) is 11.8 Å². The van der Waals surface area contributed by atoms with Crippen molar-refractivity contribution in [2.24, 2.45) is 0 Å². The molecule has 0 N–H and O–H groups in total. The number of ether oxygens (including phenoxy) is 1. The third-order valence-electron chi connectivity index (χ3n) is 3.08. The van der Waals surface area contributed by atoms with E-state index in [2.05, 4.69) is 0 Å². The van der Waals surface area contributed by atoms with Gasteiger partial charge in [-0.05, 0) is 12.5 Å². The predicted octanol–water partition coefficient (Wildman–Crippen LogP) is 3.57. The fourth-order valence-corrected chi connectivity index (χ4v) is 2.32. The topological polar surface area (TPSA) is 43.4 Å². The SMILES string of the molecule is CCOC(=O)C(Cl)(C(=O)c1ccccc1)c1ccccc1. The number of halogens is 1. The van der Waals surface area contributed by atoms with Crippen molar-refractivity contribution in [1.82, 2.24) is 0 Å². The first-order chi connectivity index (χ1) is 10.1.